The summed E-state index contributed by atoms with van der Waals surface area (Å²) in [5.74, 6) is -0.798. The molecule has 0 saturated carbocycles. The lowest BCUT2D eigenvalue weighted by Crippen LogP contribution is -2.44. The van der Waals surface area contributed by atoms with Crippen molar-refractivity contribution in [3.05, 3.63) is 78.9 Å². The number of carbonyl (C=O) groups is 2. The summed E-state index contributed by atoms with van der Waals surface area (Å²) >= 11 is 0. The van der Waals surface area contributed by atoms with Crippen molar-refractivity contribution in [3.8, 4) is 0 Å². The predicted molar refractivity (Wildman–Crippen MR) is 134 cm³/mol. The predicted octanol–water partition coefficient (Wildman–Crippen LogP) is 5.11. The minimum atomic E-state index is -3.86. The molecule has 6 nitrogen and oxygen atoms in total. The molecule has 2 aromatic carbocycles. The monoisotopic (exact) mass is 485 g/mol. The highest BCUT2D eigenvalue weighted by atomic mass is 32.2. The number of amides is 1. The molecule has 3 atom stereocenters. The molecule has 2 unspecified atom stereocenters. The van der Waals surface area contributed by atoms with Crippen molar-refractivity contribution in [2.45, 2.75) is 74.7 Å². The molecule has 0 aromatic heterocycles. The van der Waals surface area contributed by atoms with Crippen molar-refractivity contribution in [2.24, 2.45) is 0 Å². The molecule has 0 aliphatic heterocycles. The zero-order chi connectivity index (χ0) is 25.0. The van der Waals surface area contributed by atoms with Crippen LogP contribution < -0.4 is 5.32 Å². The summed E-state index contributed by atoms with van der Waals surface area (Å²) < 4.78 is 33.0. The molecule has 2 aromatic rings. The van der Waals surface area contributed by atoms with Crippen molar-refractivity contribution in [3.63, 3.8) is 0 Å². The smallest absolute Gasteiger partial charge is 0.302 e. The molecule has 2 rings (SSSR count). The number of unbranched alkanes of at least 4 members (excludes halogenated alkanes) is 1. The van der Waals surface area contributed by atoms with Gasteiger partial charge in [0.05, 0.1) is 4.90 Å². The third-order valence-corrected chi connectivity index (χ3v) is 7.87. The molecule has 0 aliphatic rings. The van der Waals surface area contributed by atoms with E-state index in [1.54, 1.807) is 60.7 Å². The Hall–Kier alpha value is -2.93. The van der Waals surface area contributed by atoms with E-state index in [4.69, 9.17) is 4.74 Å². The Labute approximate surface area is 203 Å². The molecule has 0 fully saturated rings. The van der Waals surface area contributed by atoms with Crippen molar-refractivity contribution in [2.75, 3.05) is 0 Å². The standard InChI is InChI=1S/C27H35NO5S/c1-4-6-16-23(28-27(30)22-14-10-8-11-15-22)20-26(25(19-7-5-2)33-21(3)29)34(31,32)24-17-12-9-13-18-24/h5,8-15,17-18,23,25-26H,2,4,6-7,16,19-20H2,1,3H3,(H,28,30)/t23-,25?,26?/m1/s1. The Kier molecular flexibility index (Phi) is 11.0. The van der Waals surface area contributed by atoms with E-state index < -0.39 is 33.2 Å². The Morgan fingerprint density at radius 1 is 1.03 bits per heavy atom. The van der Waals surface area contributed by atoms with Gasteiger partial charge in [0.2, 0.25) is 0 Å². The second kappa shape index (κ2) is 13.7. The van der Waals surface area contributed by atoms with Gasteiger partial charge >= 0.3 is 5.97 Å². The number of rotatable bonds is 14. The van der Waals surface area contributed by atoms with E-state index in [1.807, 2.05) is 13.0 Å². The average molecular weight is 486 g/mol. The van der Waals surface area contributed by atoms with E-state index in [0.29, 0.717) is 24.8 Å². The van der Waals surface area contributed by atoms with E-state index in [-0.39, 0.29) is 17.2 Å². The first-order valence-corrected chi connectivity index (χ1v) is 13.3. The van der Waals surface area contributed by atoms with Crippen molar-refractivity contribution in [1.29, 1.82) is 0 Å². The van der Waals surface area contributed by atoms with Crippen LogP contribution in [0.15, 0.2) is 78.2 Å². The normalized spacial score (nSPS) is 13.9. The van der Waals surface area contributed by atoms with Crippen LogP contribution in [0.5, 0.6) is 0 Å². The van der Waals surface area contributed by atoms with Gasteiger partial charge < -0.3 is 10.1 Å². The van der Waals surface area contributed by atoms with Gasteiger partial charge in [0.1, 0.15) is 11.4 Å². The van der Waals surface area contributed by atoms with Gasteiger partial charge in [0.15, 0.2) is 9.84 Å². The van der Waals surface area contributed by atoms with Crippen LogP contribution in [0.1, 0.15) is 62.7 Å². The molecule has 0 saturated heterocycles. The maximum atomic E-state index is 13.8. The number of hydrogen-bond acceptors (Lipinski definition) is 5. The summed E-state index contributed by atoms with van der Waals surface area (Å²) in [6.45, 7) is 7.04. The zero-order valence-electron chi connectivity index (χ0n) is 20.0. The van der Waals surface area contributed by atoms with Crippen LogP contribution >= 0.6 is 0 Å². The van der Waals surface area contributed by atoms with E-state index in [2.05, 4.69) is 11.9 Å². The first-order valence-electron chi connectivity index (χ1n) is 11.7. The Morgan fingerprint density at radius 3 is 2.21 bits per heavy atom. The molecule has 0 spiro atoms. The van der Waals surface area contributed by atoms with Gasteiger partial charge in [-0.25, -0.2) is 8.42 Å². The van der Waals surface area contributed by atoms with Gasteiger partial charge in [0.25, 0.3) is 5.91 Å². The molecule has 0 bridgehead atoms. The van der Waals surface area contributed by atoms with Crippen LogP contribution in [-0.2, 0) is 19.4 Å². The van der Waals surface area contributed by atoms with Gasteiger partial charge in [-0.3, -0.25) is 9.59 Å². The minimum absolute atomic E-state index is 0.130. The van der Waals surface area contributed by atoms with Gasteiger partial charge in [-0.2, -0.15) is 0 Å². The molecule has 0 radical (unpaired) electrons. The summed E-state index contributed by atoms with van der Waals surface area (Å²) in [5, 5.41) is 2.01. The highest BCUT2D eigenvalue weighted by Crippen LogP contribution is 2.28. The second-order valence-electron chi connectivity index (χ2n) is 8.32. The highest BCUT2D eigenvalue weighted by molar-refractivity contribution is 7.92. The summed E-state index contributed by atoms with van der Waals surface area (Å²) in [6, 6.07) is 16.6. The third kappa shape index (κ3) is 8.13. The van der Waals surface area contributed by atoms with Gasteiger partial charge in [-0.05, 0) is 49.9 Å². The zero-order valence-corrected chi connectivity index (χ0v) is 20.8. The number of benzene rings is 2. The molecule has 0 aliphatic carbocycles. The molecule has 7 heteroatoms. The molecule has 1 N–H and O–H groups in total. The number of esters is 1. The summed E-state index contributed by atoms with van der Waals surface area (Å²) in [5.41, 5.74) is 0.509. The van der Waals surface area contributed by atoms with E-state index in [1.165, 1.54) is 6.92 Å². The number of nitrogens with one attached hydrogen (secondary N) is 1. The molecular formula is C27H35NO5S. The van der Waals surface area contributed by atoms with Crippen molar-refractivity contribution < 1.29 is 22.7 Å². The van der Waals surface area contributed by atoms with E-state index >= 15 is 0 Å². The fourth-order valence-electron chi connectivity index (χ4n) is 3.92. The molecular weight excluding hydrogens is 450 g/mol. The second-order valence-corrected chi connectivity index (χ2v) is 10.5. The SMILES string of the molecule is C=CCCC(OC(C)=O)C(C[C@@H](CCCC)NC(=O)c1ccccc1)S(=O)(=O)c1ccccc1. The molecule has 0 heterocycles. The summed E-state index contributed by atoms with van der Waals surface area (Å²) in [7, 11) is -3.86. The number of hydrogen-bond donors (Lipinski definition) is 1. The van der Waals surface area contributed by atoms with Crippen molar-refractivity contribution >= 4 is 21.7 Å². The van der Waals surface area contributed by atoms with Crippen LogP contribution in [0.25, 0.3) is 0 Å². The van der Waals surface area contributed by atoms with E-state index in [9.17, 15) is 18.0 Å². The maximum Gasteiger partial charge on any atom is 0.302 e. The lowest BCUT2D eigenvalue weighted by Gasteiger charge is -2.30. The van der Waals surface area contributed by atoms with Crippen LogP contribution in [0.3, 0.4) is 0 Å². The van der Waals surface area contributed by atoms with Crippen LogP contribution in [-0.4, -0.2) is 37.7 Å². The Morgan fingerprint density at radius 2 is 1.65 bits per heavy atom. The van der Waals surface area contributed by atoms with Gasteiger partial charge in [0, 0.05) is 18.5 Å². The lowest BCUT2D eigenvalue weighted by atomic mass is 9.99. The number of ether oxygens (including phenoxy) is 1. The quantitative estimate of drug-likeness (QED) is 0.297. The van der Waals surface area contributed by atoms with Gasteiger partial charge in [-0.1, -0.05) is 62.2 Å². The summed E-state index contributed by atoms with van der Waals surface area (Å²) in [4.78, 5) is 24.9. The first kappa shape index (κ1) is 27.3. The lowest BCUT2D eigenvalue weighted by molar-refractivity contribution is -0.146. The molecule has 184 valence electrons. The fourth-order valence-corrected chi connectivity index (χ4v) is 5.88. The maximum absolute atomic E-state index is 13.8. The largest absolute Gasteiger partial charge is 0.461 e. The Balaban J connectivity index is 2.43. The molecule has 34 heavy (non-hydrogen) atoms. The molecule has 1 amide bonds. The summed E-state index contributed by atoms with van der Waals surface area (Å²) in [6.07, 6.45) is 4.10. The highest BCUT2D eigenvalue weighted by Gasteiger charge is 2.38. The van der Waals surface area contributed by atoms with Crippen LogP contribution in [0.4, 0.5) is 0 Å². The number of sulfone groups is 1. The Bertz CT molecular complexity index is 1020. The number of carbonyl (C=O) groups excluding carboxylic acids is 2. The third-order valence-electron chi connectivity index (χ3n) is 5.65. The first-order chi connectivity index (χ1) is 16.3. The topological polar surface area (TPSA) is 89.5 Å². The van der Waals surface area contributed by atoms with E-state index in [0.717, 1.165) is 12.8 Å². The average Bonchev–Trinajstić information content (AvgIpc) is 2.84. The van der Waals surface area contributed by atoms with Crippen molar-refractivity contribution in [1.82, 2.24) is 5.32 Å². The van der Waals surface area contributed by atoms with Crippen LogP contribution in [0, 0.1) is 0 Å². The fraction of sp³-hybridized carbons (Fsp3) is 0.407. The van der Waals surface area contributed by atoms with Gasteiger partial charge in [-0.15, -0.1) is 6.58 Å². The number of allylic oxidation sites excluding steroid dienone is 1. The minimum Gasteiger partial charge on any atom is -0.461 e. The van der Waals surface area contributed by atoms with Crippen LogP contribution in [0.2, 0.25) is 0 Å².